The van der Waals surface area contributed by atoms with E-state index in [4.69, 9.17) is 9.84 Å². The van der Waals surface area contributed by atoms with Crippen LogP contribution in [-0.4, -0.2) is 20.6 Å². The highest BCUT2D eigenvalue weighted by Gasteiger charge is 2.17. The van der Waals surface area contributed by atoms with Crippen molar-refractivity contribution in [3.8, 4) is 5.75 Å². The minimum Gasteiger partial charge on any atom is -0.494 e. The summed E-state index contributed by atoms with van der Waals surface area (Å²) in [7, 11) is -2.47. The number of anilines is 1. The van der Waals surface area contributed by atoms with Gasteiger partial charge in [0.15, 0.2) is 11.6 Å². The number of nitrogens with one attached hydrogen (secondary N) is 1. The van der Waals surface area contributed by atoms with Gasteiger partial charge >= 0.3 is 0 Å². The first-order valence-corrected chi connectivity index (χ1v) is 7.87. The molecule has 0 spiro atoms. The maximum atomic E-state index is 13.5. The third-order valence-electron chi connectivity index (χ3n) is 2.48. The lowest BCUT2D eigenvalue weighted by molar-refractivity contribution is 0.282. The number of ether oxygens (including phenoxy) is 1. The highest BCUT2D eigenvalue weighted by atomic mass is 32.2. The van der Waals surface area contributed by atoms with E-state index in [1.807, 2.05) is 0 Å². The number of aliphatic hydroxyl groups excluding tert-OH is 1. The monoisotopic (exact) mass is 317 g/mol. The van der Waals surface area contributed by atoms with Crippen LogP contribution in [0, 0.1) is 5.82 Å². The van der Waals surface area contributed by atoms with Crippen LogP contribution in [0.1, 0.15) is 5.56 Å². The summed E-state index contributed by atoms with van der Waals surface area (Å²) in [5.74, 6) is -0.624. The van der Waals surface area contributed by atoms with Crippen molar-refractivity contribution < 1.29 is 22.7 Å². The average Bonchev–Trinajstić information content (AvgIpc) is 2.88. The van der Waals surface area contributed by atoms with Crippen molar-refractivity contribution in [2.24, 2.45) is 0 Å². The van der Waals surface area contributed by atoms with E-state index in [2.05, 4.69) is 4.72 Å². The summed E-state index contributed by atoms with van der Waals surface area (Å²) >= 11 is 0.983. The quantitative estimate of drug-likeness (QED) is 0.886. The number of hydrogen-bond donors (Lipinski definition) is 2. The number of thiophene rings is 1. The van der Waals surface area contributed by atoms with Crippen molar-refractivity contribution >= 4 is 27.0 Å². The molecular weight excluding hydrogens is 305 g/mol. The smallest absolute Gasteiger partial charge is 0.271 e. The van der Waals surface area contributed by atoms with Gasteiger partial charge in [0.1, 0.15) is 4.21 Å². The number of benzene rings is 1. The Bertz CT molecular complexity index is 712. The van der Waals surface area contributed by atoms with Crippen LogP contribution >= 0.6 is 11.3 Å². The molecule has 108 valence electrons. The number of rotatable bonds is 5. The molecule has 2 N–H and O–H groups in total. The van der Waals surface area contributed by atoms with Gasteiger partial charge in [-0.1, -0.05) is 0 Å². The summed E-state index contributed by atoms with van der Waals surface area (Å²) in [5, 5.41) is 10.5. The van der Waals surface area contributed by atoms with Crippen LogP contribution in [0.5, 0.6) is 5.75 Å². The van der Waals surface area contributed by atoms with E-state index in [0.717, 1.165) is 17.4 Å². The minimum atomic E-state index is -3.79. The molecule has 2 rings (SSSR count). The van der Waals surface area contributed by atoms with E-state index in [0.29, 0.717) is 5.56 Å². The Morgan fingerprint density at radius 2 is 2.15 bits per heavy atom. The Balaban J connectivity index is 2.26. The summed E-state index contributed by atoms with van der Waals surface area (Å²) in [6.07, 6.45) is 0. The molecule has 0 atom stereocenters. The molecule has 0 bridgehead atoms. The molecule has 0 fully saturated rings. The predicted molar refractivity (Wildman–Crippen MR) is 74.0 cm³/mol. The fourth-order valence-electron chi connectivity index (χ4n) is 1.51. The Hall–Kier alpha value is -1.64. The van der Waals surface area contributed by atoms with Crippen LogP contribution < -0.4 is 9.46 Å². The molecule has 1 aromatic carbocycles. The second-order valence-corrected chi connectivity index (χ2v) is 6.71. The zero-order valence-electron chi connectivity index (χ0n) is 10.5. The molecule has 1 aromatic heterocycles. The molecule has 0 aliphatic rings. The van der Waals surface area contributed by atoms with Crippen molar-refractivity contribution in [2.75, 3.05) is 11.8 Å². The van der Waals surface area contributed by atoms with Crippen molar-refractivity contribution in [1.82, 2.24) is 0 Å². The average molecular weight is 317 g/mol. The Morgan fingerprint density at radius 1 is 1.40 bits per heavy atom. The fourth-order valence-corrected chi connectivity index (χ4v) is 3.76. The third-order valence-corrected chi connectivity index (χ3v) is 5.35. The van der Waals surface area contributed by atoms with Gasteiger partial charge in [-0.05, 0) is 29.1 Å². The molecule has 20 heavy (non-hydrogen) atoms. The first-order valence-electron chi connectivity index (χ1n) is 5.51. The molecule has 0 amide bonds. The van der Waals surface area contributed by atoms with Crippen LogP contribution in [0.4, 0.5) is 10.1 Å². The van der Waals surface area contributed by atoms with Crippen molar-refractivity contribution in [1.29, 1.82) is 0 Å². The largest absolute Gasteiger partial charge is 0.494 e. The molecule has 0 unspecified atom stereocenters. The topological polar surface area (TPSA) is 75.6 Å². The molecule has 0 radical (unpaired) electrons. The normalized spacial score (nSPS) is 11.3. The highest BCUT2D eigenvalue weighted by Crippen LogP contribution is 2.25. The maximum Gasteiger partial charge on any atom is 0.271 e. The predicted octanol–water partition coefficient (Wildman–Crippen LogP) is 2.19. The van der Waals surface area contributed by atoms with Gasteiger partial charge in [-0.25, -0.2) is 12.8 Å². The summed E-state index contributed by atoms with van der Waals surface area (Å²) in [6.45, 7) is -0.233. The van der Waals surface area contributed by atoms with Gasteiger partial charge in [0, 0.05) is 6.07 Å². The summed E-state index contributed by atoms with van der Waals surface area (Å²) in [5.41, 5.74) is 0.610. The van der Waals surface area contributed by atoms with Gasteiger partial charge in [0.25, 0.3) is 10.0 Å². The van der Waals surface area contributed by atoms with Gasteiger partial charge in [0.2, 0.25) is 0 Å². The van der Waals surface area contributed by atoms with Gasteiger partial charge < -0.3 is 9.84 Å². The second kappa shape index (κ2) is 5.78. The zero-order chi connectivity index (χ0) is 14.8. The lowest BCUT2D eigenvalue weighted by atomic mass is 10.3. The van der Waals surface area contributed by atoms with E-state index < -0.39 is 15.8 Å². The fraction of sp³-hybridized carbons (Fsp3) is 0.167. The van der Waals surface area contributed by atoms with Crippen molar-refractivity contribution in [3.63, 3.8) is 0 Å². The van der Waals surface area contributed by atoms with E-state index >= 15 is 0 Å². The Morgan fingerprint density at radius 3 is 2.70 bits per heavy atom. The Kier molecular flexibility index (Phi) is 4.26. The SMILES string of the molecule is COc1ccc(NS(=O)(=O)c2cc(CO)cs2)cc1F. The first kappa shape index (κ1) is 14.8. The van der Waals surface area contributed by atoms with Gasteiger partial charge in [-0.3, -0.25) is 4.72 Å². The molecule has 0 aliphatic heterocycles. The highest BCUT2D eigenvalue weighted by molar-refractivity contribution is 7.94. The van der Waals surface area contributed by atoms with E-state index in [1.54, 1.807) is 5.38 Å². The van der Waals surface area contributed by atoms with E-state index in [1.165, 1.54) is 25.3 Å². The van der Waals surface area contributed by atoms with Crippen LogP contribution in [0.15, 0.2) is 33.9 Å². The number of halogens is 1. The molecule has 1 heterocycles. The lowest BCUT2D eigenvalue weighted by Gasteiger charge is -2.08. The van der Waals surface area contributed by atoms with Crippen LogP contribution in [0.2, 0.25) is 0 Å². The number of methoxy groups -OCH3 is 1. The molecule has 0 saturated heterocycles. The molecule has 8 heteroatoms. The number of hydrogen-bond acceptors (Lipinski definition) is 5. The standard InChI is InChI=1S/C12H12FNO4S2/c1-18-11-3-2-9(5-10(11)13)14-20(16,17)12-4-8(6-15)7-19-12/h2-5,7,14-15H,6H2,1H3. The molecular formula is C12H12FNO4S2. The van der Waals surface area contributed by atoms with Gasteiger partial charge in [0.05, 0.1) is 19.4 Å². The third kappa shape index (κ3) is 3.09. The number of sulfonamides is 1. The van der Waals surface area contributed by atoms with Gasteiger partial charge in [-0.15, -0.1) is 11.3 Å². The molecule has 2 aromatic rings. The van der Waals surface area contributed by atoms with Crippen molar-refractivity contribution in [3.05, 3.63) is 41.0 Å². The van der Waals surface area contributed by atoms with Crippen molar-refractivity contribution in [2.45, 2.75) is 10.8 Å². The van der Waals surface area contributed by atoms with Crippen LogP contribution in [0.25, 0.3) is 0 Å². The molecule has 5 nitrogen and oxygen atoms in total. The molecule has 0 saturated carbocycles. The van der Waals surface area contributed by atoms with Crippen LogP contribution in [0.3, 0.4) is 0 Å². The van der Waals surface area contributed by atoms with E-state index in [9.17, 15) is 12.8 Å². The zero-order valence-corrected chi connectivity index (χ0v) is 12.1. The number of aliphatic hydroxyl groups is 1. The minimum absolute atomic E-state index is 0.0339. The Labute approximate surface area is 119 Å². The lowest BCUT2D eigenvalue weighted by Crippen LogP contribution is -2.11. The van der Waals surface area contributed by atoms with E-state index in [-0.39, 0.29) is 22.3 Å². The summed E-state index contributed by atoms with van der Waals surface area (Å²) < 4.78 is 44.7. The maximum absolute atomic E-state index is 13.5. The van der Waals surface area contributed by atoms with Crippen LogP contribution in [-0.2, 0) is 16.6 Å². The first-order chi connectivity index (χ1) is 9.46. The second-order valence-electron chi connectivity index (χ2n) is 3.89. The summed E-state index contributed by atoms with van der Waals surface area (Å²) in [4.78, 5) is 0. The van der Waals surface area contributed by atoms with Gasteiger partial charge in [-0.2, -0.15) is 0 Å². The summed E-state index contributed by atoms with van der Waals surface area (Å²) in [6, 6.07) is 5.14. The molecule has 0 aliphatic carbocycles.